The van der Waals surface area contributed by atoms with Crippen molar-refractivity contribution in [2.45, 2.75) is 41.5 Å². The lowest BCUT2D eigenvalue weighted by Gasteiger charge is -2.28. The molecule has 0 N–H and O–H groups in total. The number of rotatable bonds is 9. The van der Waals surface area contributed by atoms with Crippen molar-refractivity contribution in [3.63, 3.8) is 0 Å². The molecule has 0 unspecified atom stereocenters. The van der Waals surface area contributed by atoms with Crippen LogP contribution in [0.15, 0.2) is 72.8 Å². The fraction of sp³-hybridized carbons (Fsp3) is 0.294. The van der Waals surface area contributed by atoms with E-state index in [-0.39, 0.29) is 0 Å². The van der Waals surface area contributed by atoms with E-state index in [1.54, 1.807) is 14.2 Å². The van der Waals surface area contributed by atoms with Crippen LogP contribution in [-0.4, -0.2) is 26.5 Å². The molecule has 2 atom stereocenters. The number of methoxy groups -OCH3 is 2. The van der Waals surface area contributed by atoms with Gasteiger partial charge >= 0.3 is 0 Å². The summed E-state index contributed by atoms with van der Waals surface area (Å²) in [5, 5.41) is 5.83. The van der Waals surface area contributed by atoms with Crippen molar-refractivity contribution >= 4 is 37.1 Å². The lowest BCUT2D eigenvalue weighted by atomic mass is 10.1. The second-order valence-electron chi connectivity index (χ2n) is 9.97. The predicted molar refractivity (Wildman–Crippen MR) is 169 cm³/mol. The van der Waals surface area contributed by atoms with Crippen LogP contribution < -0.4 is 30.7 Å². The summed E-state index contributed by atoms with van der Waals surface area (Å²) in [5.74, 6) is 2.03. The summed E-state index contributed by atoms with van der Waals surface area (Å²) in [5.41, 5.74) is 7.67. The van der Waals surface area contributed by atoms with Gasteiger partial charge in [0.15, 0.2) is 0 Å². The molecule has 198 valence electrons. The molecule has 2 nitrogen and oxygen atoms in total. The van der Waals surface area contributed by atoms with E-state index in [0.29, 0.717) is 0 Å². The zero-order valence-electron chi connectivity index (χ0n) is 24.1. The van der Waals surface area contributed by atoms with Gasteiger partial charge in [-0.15, -0.1) is 0 Å². The summed E-state index contributed by atoms with van der Waals surface area (Å²) in [4.78, 5) is 0. The molecule has 4 aromatic rings. The smallest absolute Gasteiger partial charge is 0.124 e. The van der Waals surface area contributed by atoms with Crippen molar-refractivity contribution in [3.05, 3.63) is 106 Å². The third-order valence-electron chi connectivity index (χ3n) is 7.67. The van der Waals surface area contributed by atoms with Crippen molar-refractivity contribution in [1.29, 1.82) is 0 Å². The minimum Gasteiger partial charge on any atom is -0.496 e. The normalized spacial score (nSPS) is 12.7. The quantitative estimate of drug-likeness (QED) is 0.210. The highest BCUT2D eigenvalue weighted by molar-refractivity contribution is 7.76. The minimum absolute atomic E-state index is 0.533. The zero-order valence-corrected chi connectivity index (χ0v) is 25.8. The van der Waals surface area contributed by atoms with Crippen molar-refractivity contribution in [2.75, 3.05) is 26.5 Å². The maximum Gasteiger partial charge on any atom is 0.124 e. The van der Waals surface area contributed by atoms with E-state index >= 15 is 0 Å². The SMILES string of the molecule is COc1c(C)cc([P@@](CC[P@@](c2ccccc2)c2cc(C)c(OC)c(C)c2C)c2ccccc2)c(C)c1C. The van der Waals surface area contributed by atoms with Crippen molar-refractivity contribution in [1.82, 2.24) is 0 Å². The summed E-state index contributed by atoms with van der Waals surface area (Å²) < 4.78 is 11.5. The monoisotopic (exact) mass is 542 g/mol. The van der Waals surface area contributed by atoms with Gasteiger partial charge in [-0.05, 0) is 136 Å². The predicted octanol–water partition coefficient (Wildman–Crippen LogP) is 7.12. The number of aryl methyl sites for hydroxylation is 2. The minimum atomic E-state index is -0.533. The fourth-order valence-corrected chi connectivity index (χ4v) is 11.5. The molecule has 0 heterocycles. The summed E-state index contributed by atoms with van der Waals surface area (Å²) in [6.45, 7) is 13.3. The van der Waals surface area contributed by atoms with Crippen LogP contribution in [0.5, 0.6) is 11.5 Å². The Morgan fingerprint density at radius 3 is 1.16 bits per heavy atom. The Kier molecular flexibility index (Phi) is 9.30. The van der Waals surface area contributed by atoms with E-state index in [4.69, 9.17) is 9.47 Å². The van der Waals surface area contributed by atoms with E-state index in [1.165, 1.54) is 54.6 Å². The van der Waals surface area contributed by atoms with Gasteiger partial charge in [-0.25, -0.2) is 0 Å². The summed E-state index contributed by atoms with van der Waals surface area (Å²) in [7, 11) is 2.49. The molecule has 0 aliphatic rings. The van der Waals surface area contributed by atoms with Gasteiger partial charge in [0.25, 0.3) is 0 Å². The van der Waals surface area contributed by atoms with Gasteiger partial charge in [-0.1, -0.05) is 60.7 Å². The standard InChI is InChI=1S/C34H40O2P2/c1-23-21-31(25(3)27(5)33(23)35-7)37(29-15-11-9-12-16-29)19-20-38(30-17-13-10-14-18-30)32-22-24(2)34(36-8)28(6)26(32)4/h9-18,21-22H,19-20H2,1-8H3/t37-,38-/m0/s1. The molecule has 38 heavy (non-hydrogen) atoms. The number of ether oxygens (including phenoxy) is 2. The molecule has 0 spiro atoms. The van der Waals surface area contributed by atoms with Crippen LogP contribution in [0, 0.1) is 41.5 Å². The molecule has 0 amide bonds. The van der Waals surface area contributed by atoms with Gasteiger partial charge in [0.2, 0.25) is 0 Å². The maximum absolute atomic E-state index is 5.77. The van der Waals surface area contributed by atoms with E-state index in [2.05, 4.69) is 114 Å². The Morgan fingerprint density at radius 2 is 0.842 bits per heavy atom. The Balaban J connectivity index is 1.81. The van der Waals surface area contributed by atoms with E-state index < -0.39 is 15.8 Å². The van der Waals surface area contributed by atoms with Gasteiger partial charge in [0, 0.05) is 0 Å². The van der Waals surface area contributed by atoms with Gasteiger partial charge in [-0.2, -0.15) is 0 Å². The Hall–Kier alpha value is -2.66. The fourth-order valence-electron chi connectivity index (χ4n) is 5.46. The van der Waals surface area contributed by atoms with Crippen LogP contribution in [0.25, 0.3) is 0 Å². The molecule has 0 aliphatic carbocycles. The van der Waals surface area contributed by atoms with Crippen LogP contribution in [0.2, 0.25) is 0 Å². The molecule has 4 rings (SSSR count). The largest absolute Gasteiger partial charge is 0.496 e. The van der Waals surface area contributed by atoms with Crippen LogP contribution in [0.4, 0.5) is 0 Å². The molecule has 0 fully saturated rings. The van der Waals surface area contributed by atoms with Crippen LogP contribution >= 0.6 is 15.8 Å². The van der Waals surface area contributed by atoms with Crippen molar-refractivity contribution in [3.8, 4) is 11.5 Å². The Morgan fingerprint density at radius 1 is 0.500 bits per heavy atom. The molecule has 0 saturated heterocycles. The number of hydrogen-bond donors (Lipinski definition) is 0. The zero-order chi connectivity index (χ0) is 27.4. The number of hydrogen-bond acceptors (Lipinski definition) is 2. The average molecular weight is 543 g/mol. The molecular formula is C34H40O2P2. The summed E-state index contributed by atoms with van der Waals surface area (Å²) in [6.07, 6.45) is 2.27. The highest BCUT2D eigenvalue weighted by Crippen LogP contribution is 2.44. The first-order valence-corrected chi connectivity index (χ1v) is 16.3. The second kappa shape index (κ2) is 12.5. The lowest BCUT2D eigenvalue weighted by molar-refractivity contribution is 0.408. The number of benzene rings is 4. The third kappa shape index (κ3) is 5.68. The second-order valence-corrected chi connectivity index (χ2v) is 14.6. The first-order valence-electron chi connectivity index (χ1n) is 13.2. The highest BCUT2D eigenvalue weighted by atomic mass is 31.1. The molecule has 0 saturated carbocycles. The topological polar surface area (TPSA) is 18.5 Å². The average Bonchev–Trinajstić information content (AvgIpc) is 2.93. The molecular weight excluding hydrogens is 502 g/mol. The highest BCUT2D eigenvalue weighted by Gasteiger charge is 2.25. The van der Waals surface area contributed by atoms with Crippen LogP contribution in [0.1, 0.15) is 33.4 Å². The van der Waals surface area contributed by atoms with Crippen LogP contribution in [0.3, 0.4) is 0 Å². The summed E-state index contributed by atoms with van der Waals surface area (Å²) in [6, 6.07) is 27.0. The Labute approximate surface area is 231 Å². The molecule has 0 bridgehead atoms. The van der Waals surface area contributed by atoms with Gasteiger partial charge < -0.3 is 9.47 Å². The molecule has 0 aromatic heterocycles. The molecule has 4 heteroatoms. The van der Waals surface area contributed by atoms with E-state index in [9.17, 15) is 0 Å². The van der Waals surface area contributed by atoms with E-state index in [0.717, 1.165) is 23.8 Å². The van der Waals surface area contributed by atoms with Crippen molar-refractivity contribution in [2.24, 2.45) is 0 Å². The molecule has 0 radical (unpaired) electrons. The van der Waals surface area contributed by atoms with E-state index in [1.807, 2.05) is 0 Å². The first kappa shape index (κ1) is 28.4. The van der Waals surface area contributed by atoms with Gasteiger partial charge in [0.05, 0.1) is 14.2 Å². The summed E-state index contributed by atoms with van der Waals surface area (Å²) >= 11 is 0. The Bertz CT molecular complexity index is 1290. The molecule has 0 aliphatic heterocycles. The molecule has 4 aromatic carbocycles. The van der Waals surface area contributed by atoms with Gasteiger partial charge in [0.1, 0.15) is 11.5 Å². The van der Waals surface area contributed by atoms with Gasteiger partial charge in [-0.3, -0.25) is 0 Å². The van der Waals surface area contributed by atoms with Crippen LogP contribution in [-0.2, 0) is 0 Å². The maximum atomic E-state index is 5.77. The lowest BCUT2D eigenvalue weighted by Crippen LogP contribution is -2.23. The third-order valence-corrected chi connectivity index (χ3v) is 13.3. The first-order chi connectivity index (χ1) is 18.3. The van der Waals surface area contributed by atoms with Crippen molar-refractivity contribution < 1.29 is 9.47 Å².